The minimum atomic E-state index is -0.391. The maximum absolute atomic E-state index is 13.2. The molecule has 5 heteroatoms. The van der Waals surface area contributed by atoms with Crippen LogP contribution in [0.25, 0.3) is 0 Å². The highest BCUT2D eigenvalue weighted by atomic mass is 19.1. The first-order valence-corrected chi connectivity index (χ1v) is 11.8. The molecular weight excluding hydrogens is 415 g/mol. The quantitative estimate of drug-likeness (QED) is 0.489. The van der Waals surface area contributed by atoms with Gasteiger partial charge in [0.1, 0.15) is 18.9 Å². The van der Waals surface area contributed by atoms with Crippen LogP contribution in [0.3, 0.4) is 0 Å². The molecule has 0 aliphatic carbocycles. The summed E-state index contributed by atoms with van der Waals surface area (Å²) < 4.78 is 20.2. The number of piperidine rings is 3. The number of fused-ring (bicyclic) bond motifs is 3. The van der Waals surface area contributed by atoms with Crippen molar-refractivity contribution in [2.45, 2.75) is 31.9 Å². The Morgan fingerprint density at radius 1 is 0.909 bits per heavy atom. The Labute approximate surface area is 194 Å². The van der Waals surface area contributed by atoms with E-state index in [0.29, 0.717) is 12.3 Å². The summed E-state index contributed by atoms with van der Waals surface area (Å²) in [4.78, 5) is 12.9. The molecule has 33 heavy (non-hydrogen) atoms. The van der Waals surface area contributed by atoms with E-state index in [-0.39, 0.29) is 11.9 Å². The Hall–Kier alpha value is -3.18. The Kier molecular flexibility index (Phi) is 6.14. The molecule has 3 aliphatic rings. The molecule has 0 radical (unpaired) electrons. The van der Waals surface area contributed by atoms with Crippen LogP contribution in [-0.2, 0) is 17.7 Å². The smallest absolute Gasteiger partial charge is 0.412 e. The summed E-state index contributed by atoms with van der Waals surface area (Å²) >= 11 is 0. The molecule has 3 aromatic carbocycles. The molecule has 1 atom stereocenters. The van der Waals surface area contributed by atoms with Gasteiger partial charge in [0.05, 0.1) is 13.1 Å². The molecule has 2 bridgehead atoms. The monoisotopic (exact) mass is 445 g/mol. The van der Waals surface area contributed by atoms with Gasteiger partial charge in [0.25, 0.3) is 0 Å². The second-order valence-corrected chi connectivity index (χ2v) is 9.48. The first-order chi connectivity index (χ1) is 16.1. The largest absolute Gasteiger partial charge is 0.440 e. The molecule has 1 N–H and O–H groups in total. The summed E-state index contributed by atoms with van der Waals surface area (Å²) in [6.07, 6.45) is 2.37. The minimum absolute atomic E-state index is 0.0551. The number of amides is 1. The highest BCUT2D eigenvalue weighted by Crippen LogP contribution is 2.37. The summed E-state index contributed by atoms with van der Waals surface area (Å²) in [5, 5.41) is 2.97. The van der Waals surface area contributed by atoms with Crippen LogP contribution >= 0.6 is 0 Å². The van der Waals surface area contributed by atoms with E-state index < -0.39 is 6.09 Å². The zero-order valence-electron chi connectivity index (χ0n) is 18.8. The predicted octanol–water partition coefficient (Wildman–Crippen LogP) is 5.77. The maximum Gasteiger partial charge on any atom is 0.412 e. The van der Waals surface area contributed by atoms with Crippen molar-refractivity contribution in [2.75, 3.05) is 25.0 Å². The van der Waals surface area contributed by atoms with Gasteiger partial charge in [-0.15, -0.1) is 0 Å². The van der Waals surface area contributed by atoms with E-state index in [4.69, 9.17) is 4.74 Å². The van der Waals surface area contributed by atoms with Crippen molar-refractivity contribution in [1.29, 1.82) is 0 Å². The second kappa shape index (κ2) is 9.36. The van der Waals surface area contributed by atoms with Gasteiger partial charge in [-0.05, 0) is 35.7 Å². The van der Waals surface area contributed by atoms with Gasteiger partial charge in [-0.25, -0.2) is 9.18 Å². The molecule has 170 valence electrons. The molecule has 0 spiro atoms. The fourth-order valence-electron chi connectivity index (χ4n) is 5.44. The van der Waals surface area contributed by atoms with E-state index in [2.05, 4.69) is 35.6 Å². The van der Waals surface area contributed by atoms with Gasteiger partial charge < -0.3 is 9.22 Å². The summed E-state index contributed by atoms with van der Waals surface area (Å²) in [5.74, 6) is 0.194. The molecule has 3 aliphatic heterocycles. The van der Waals surface area contributed by atoms with Crippen LogP contribution in [0.1, 0.15) is 29.5 Å². The summed E-state index contributed by atoms with van der Waals surface area (Å²) in [6.45, 7) is 4.18. The Balaban J connectivity index is 1.24. The third kappa shape index (κ3) is 5.09. The van der Waals surface area contributed by atoms with E-state index in [1.54, 1.807) is 12.1 Å². The van der Waals surface area contributed by atoms with E-state index in [1.807, 2.05) is 24.3 Å². The number of carbonyl (C=O) groups excluding carboxylic acids is 1. The van der Waals surface area contributed by atoms with Crippen molar-refractivity contribution in [3.8, 4) is 0 Å². The van der Waals surface area contributed by atoms with E-state index >= 15 is 0 Å². The van der Waals surface area contributed by atoms with Crippen molar-refractivity contribution < 1.29 is 18.4 Å². The number of benzene rings is 3. The van der Waals surface area contributed by atoms with Crippen LogP contribution < -0.4 is 5.32 Å². The number of nitrogens with one attached hydrogen (secondary N) is 1. The first kappa shape index (κ1) is 21.7. The zero-order chi connectivity index (χ0) is 22.7. The summed E-state index contributed by atoms with van der Waals surface area (Å²) in [6, 6.07) is 24.8. The van der Waals surface area contributed by atoms with Gasteiger partial charge in [0.15, 0.2) is 6.10 Å². The fraction of sp³-hybridized carbons (Fsp3) is 0.321. The highest BCUT2D eigenvalue weighted by molar-refractivity contribution is 5.85. The Morgan fingerprint density at radius 2 is 1.61 bits per heavy atom. The van der Waals surface area contributed by atoms with Crippen molar-refractivity contribution in [3.63, 3.8) is 0 Å². The minimum Gasteiger partial charge on any atom is -0.440 e. The van der Waals surface area contributed by atoms with Crippen molar-refractivity contribution in [2.24, 2.45) is 5.92 Å². The SMILES string of the molecule is O=C(Nc1ccccc1Cc1ccc(F)cc1)OC1C[N+]2(Cc3ccccc3)CCC1CC2. The van der Waals surface area contributed by atoms with Crippen molar-refractivity contribution in [3.05, 3.63) is 101 Å². The molecule has 1 unspecified atom stereocenters. The van der Waals surface area contributed by atoms with Gasteiger partial charge in [0.2, 0.25) is 0 Å². The topological polar surface area (TPSA) is 38.3 Å². The van der Waals surface area contributed by atoms with Crippen LogP contribution in [0.15, 0.2) is 78.9 Å². The number of para-hydroxylation sites is 1. The molecule has 1 amide bonds. The average Bonchev–Trinajstić information content (AvgIpc) is 2.83. The number of nitrogens with zero attached hydrogens (tertiary/aromatic N) is 1. The molecule has 6 rings (SSSR count). The van der Waals surface area contributed by atoms with Crippen molar-refractivity contribution in [1.82, 2.24) is 0 Å². The fourth-order valence-corrected chi connectivity index (χ4v) is 5.44. The van der Waals surface area contributed by atoms with Gasteiger partial charge in [-0.2, -0.15) is 0 Å². The standard InChI is InChI=1S/C28H29FN2O2/c29-25-12-10-21(11-13-25)18-24-8-4-5-9-26(24)30-28(32)33-27-20-31(16-14-23(27)15-17-31)19-22-6-2-1-3-7-22/h1-13,23,27H,14-20H2/p+1. The van der Waals surface area contributed by atoms with Crippen LogP contribution in [0, 0.1) is 11.7 Å². The van der Waals surface area contributed by atoms with Gasteiger partial charge in [-0.1, -0.05) is 60.7 Å². The molecule has 3 fully saturated rings. The van der Waals surface area contributed by atoms with Gasteiger partial charge in [0, 0.05) is 30.0 Å². The average molecular weight is 446 g/mol. The second-order valence-electron chi connectivity index (χ2n) is 9.48. The number of anilines is 1. The predicted molar refractivity (Wildman–Crippen MR) is 127 cm³/mol. The molecular formula is C28H30FN2O2+. The number of hydrogen-bond donors (Lipinski definition) is 1. The van der Waals surface area contributed by atoms with E-state index in [1.165, 1.54) is 17.7 Å². The Morgan fingerprint density at radius 3 is 2.36 bits per heavy atom. The summed E-state index contributed by atoms with van der Waals surface area (Å²) in [7, 11) is 0. The van der Waals surface area contributed by atoms with Crippen LogP contribution in [0.5, 0.6) is 0 Å². The number of hydrogen-bond acceptors (Lipinski definition) is 2. The number of quaternary nitrogens is 1. The van der Waals surface area contributed by atoms with Crippen LogP contribution in [0.2, 0.25) is 0 Å². The van der Waals surface area contributed by atoms with E-state index in [0.717, 1.165) is 60.3 Å². The number of carbonyl (C=O) groups is 1. The zero-order valence-corrected chi connectivity index (χ0v) is 18.8. The van der Waals surface area contributed by atoms with Gasteiger partial charge >= 0.3 is 6.09 Å². The van der Waals surface area contributed by atoms with Crippen LogP contribution in [0.4, 0.5) is 14.9 Å². The van der Waals surface area contributed by atoms with Gasteiger partial charge in [-0.3, -0.25) is 5.32 Å². The lowest BCUT2D eigenvalue weighted by Gasteiger charge is -2.52. The lowest BCUT2D eigenvalue weighted by molar-refractivity contribution is -0.958. The molecule has 3 heterocycles. The molecule has 3 saturated heterocycles. The normalized spacial score (nSPS) is 23.8. The summed E-state index contributed by atoms with van der Waals surface area (Å²) in [5.41, 5.74) is 4.04. The Bertz CT molecular complexity index is 1090. The number of ether oxygens (including phenoxy) is 1. The first-order valence-electron chi connectivity index (χ1n) is 11.8. The third-order valence-electron chi connectivity index (χ3n) is 7.22. The number of rotatable bonds is 6. The molecule has 3 aromatic rings. The highest BCUT2D eigenvalue weighted by Gasteiger charge is 2.47. The third-order valence-corrected chi connectivity index (χ3v) is 7.22. The molecule has 0 saturated carbocycles. The lowest BCUT2D eigenvalue weighted by Crippen LogP contribution is -2.63. The molecule has 0 aromatic heterocycles. The van der Waals surface area contributed by atoms with Crippen LogP contribution in [-0.4, -0.2) is 36.3 Å². The van der Waals surface area contributed by atoms with E-state index in [9.17, 15) is 9.18 Å². The number of halogens is 1. The lowest BCUT2D eigenvalue weighted by atomic mass is 9.83. The molecule has 4 nitrogen and oxygen atoms in total. The maximum atomic E-state index is 13.2. The van der Waals surface area contributed by atoms with Crippen molar-refractivity contribution >= 4 is 11.8 Å².